The van der Waals surface area contributed by atoms with Gasteiger partial charge in [0.25, 0.3) is 0 Å². The number of rotatable bonds is 4. The average molecular weight is 328 g/mol. The minimum absolute atomic E-state index is 0.0157. The van der Waals surface area contributed by atoms with Crippen LogP contribution < -0.4 is 4.90 Å². The smallest absolute Gasteiger partial charge is 0.311 e. The summed E-state index contributed by atoms with van der Waals surface area (Å²) in [4.78, 5) is 25.1. The average Bonchev–Trinajstić information content (AvgIpc) is 3.02. The highest BCUT2D eigenvalue weighted by molar-refractivity contribution is 5.95. The zero-order chi connectivity index (χ0) is 17.4. The molecule has 1 aliphatic heterocycles. The highest BCUT2D eigenvalue weighted by Gasteiger charge is 2.29. The monoisotopic (exact) mass is 328 g/mol. The maximum absolute atomic E-state index is 12.6. The second kappa shape index (κ2) is 6.07. The number of benzene rings is 1. The van der Waals surface area contributed by atoms with Crippen LogP contribution >= 0.6 is 0 Å². The number of amides is 1. The summed E-state index contributed by atoms with van der Waals surface area (Å²) in [5.74, 6) is 0.335. The van der Waals surface area contributed by atoms with Crippen molar-refractivity contribution in [3.05, 3.63) is 51.3 Å². The molecule has 0 saturated heterocycles. The van der Waals surface area contributed by atoms with E-state index in [9.17, 15) is 14.9 Å². The van der Waals surface area contributed by atoms with E-state index in [4.69, 9.17) is 0 Å². The molecule has 1 atom stereocenters. The SMILES string of the molecule is Cc1nn(CCC(=O)N2C[C@H](C)c3ccccc32)c(C)c1[N+](=O)[O-]. The van der Waals surface area contributed by atoms with Gasteiger partial charge in [0, 0.05) is 24.6 Å². The molecular formula is C17H20N4O3. The van der Waals surface area contributed by atoms with Gasteiger partial charge in [-0.2, -0.15) is 5.10 Å². The Balaban J connectivity index is 1.74. The predicted molar refractivity (Wildman–Crippen MR) is 90.2 cm³/mol. The zero-order valence-electron chi connectivity index (χ0n) is 14.0. The highest BCUT2D eigenvalue weighted by Crippen LogP contribution is 2.36. The van der Waals surface area contributed by atoms with E-state index in [1.54, 1.807) is 23.4 Å². The van der Waals surface area contributed by atoms with Gasteiger partial charge in [-0.15, -0.1) is 0 Å². The van der Waals surface area contributed by atoms with Crippen molar-refractivity contribution in [2.45, 2.75) is 39.7 Å². The lowest BCUT2D eigenvalue weighted by molar-refractivity contribution is -0.386. The number of aromatic nitrogens is 2. The van der Waals surface area contributed by atoms with Crippen LogP contribution in [-0.2, 0) is 11.3 Å². The number of fused-ring (bicyclic) bond motifs is 1. The second-order valence-corrected chi connectivity index (χ2v) is 6.21. The van der Waals surface area contributed by atoms with Crippen molar-refractivity contribution >= 4 is 17.3 Å². The van der Waals surface area contributed by atoms with E-state index in [1.165, 1.54) is 5.56 Å². The Morgan fingerprint density at radius 3 is 2.75 bits per heavy atom. The molecule has 126 valence electrons. The molecule has 0 spiro atoms. The first-order chi connectivity index (χ1) is 11.4. The van der Waals surface area contributed by atoms with Gasteiger partial charge in [0.15, 0.2) is 0 Å². The topological polar surface area (TPSA) is 81.3 Å². The van der Waals surface area contributed by atoms with Crippen molar-refractivity contribution in [1.29, 1.82) is 0 Å². The Labute approximate surface area is 140 Å². The third-order valence-corrected chi connectivity index (χ3v) is 4.58. The van der Waals surface area contributed by atoms with Crippen LogP contribution in [0.1, 0.15) is 36.2 Å². The Morgan fingerprint density at radius 2 is 2.08 bits per heavy atom. The molecule has 0 aliphatic carbocycles. The number of hydrogen-bond acceptors (Lipinski definition) is 4. The molecule has 3 rings (SSSR count). The summed E-state index contributed by atoms with van der Waals surface area (Å²) in [5.41, 5.74) is 3.05. The predicted octanol–water partition coefficient (Wildman–Crippen LogP) is 2.95. The molecule has 7 nitrogen and oxygen atoms in total. The Hall–Kier alpha value is -2.70. The summed E-state index contributed by atoms with van der Waals surface area (Å²) < 4.78 is 1.55. The molecule has 0 bridgehead atoms. The summed E-state index contributed by atoms with van der Waals surface area (Å²) in [6, 6.07) is 7.93. The van der Waals surface area contributed by atoms with Gasteiger partial charge in [-0.1, -0.05) is 25.1 Å². The number of nitro groups is 1. The molecule has 0 N–H and O–H groups in total. The van der Waals surface area contributed by atoms with E-state index in [2.05, 4.69) is 18.1 Å². The fourth-order valence-corrected chi connectivity index (χ4v) is 3.36. The molecule has 1 aliphatic rings. The van der Waals surface area contributed by atoms with E-state index in [-0.39, 0.29) is 18.0 Å². The van der Waals surface area contributed by atoms with E-state index < -0.39 is 4.92 Å². The normalized spacial score (nSPS) is 16.3. The van der Waals surface area contributed by atoms with Crippen molar-refractivity contribution in [3.8, 4) is 0 Å². The number of para-hydroxylation sites is 1. The van der Waals surface area contributed by atoms with Gasteiger partial charge < -0.3 is 4.90 Å². The molecule has 0 saturated carbocycles. The van der Waals surface area contributed by atoms with E-state index in [0.29, 0.717) is 30.4 Å². The molecule has 24 heavy (non-hydrogen) atoms. The standard InChI is InChI=1S/C17H20N4O3/c1-11-10-19(15-7-5-4-6-14(11)15)16(22)8-9-20-13(3)17(21(23)24)12(2)18-20/h4-7,11H,8-10H2,1-3H3/t11-/m0/s1. The first-order valence-corrected chi connectivity index (χ1v) is 7.97. The summed E-state index contributed by atoms with van der Waals surface area (Å²) in [6.45, 7) is 6.40. The van der Waals surface area contributed by atoms with Crippen LogP contribution in [0.5, 0.6) is 0 Å². The van der Waals surface area contributed by atoms with E-state index in [0.717, 1.165) is 5.69 Å². The maximum atomic E-state index is 12.6. The van der Waals surface area contributed by atoms with Gasteiger partial charge in [0.2, 0.25) is 5.91 Å². The minimum Gasteiger partial charge on any atom is -0.311 e. The van der Waals surface area contributed by atoms with Crippen molar-refractivity contribution < 1.29 is 9.72 Å². The number of carbonyl (C=O) groups excluding carboxylic acids is 1. The highest BCUT2D eigenvalue weighted by atomic mass is 16.6. The van der Waals surface area contributed by atoms with Crippen LogP contribution in [0.4, 0.5) is 11.4 Å². The van der Waals surface area contributed by atoms with Gasteiger partial charge in [-0.3, -0.25) is 19.6 Å². The molecule has 1 amide bonds. The molecule has 7 heteroatoms. The lowest BCUT2D eigenvalue weighted by atomic mass is 10.0. The summed E-state index contributed by atoms with van der Waals surface area (Å²) in [5, 5.41) is 15.2. The first kappa shape index (κ1) is 16.2. The van der Waals surface area contributed by atoms with E-state index in [1.807, 2.05) is 18.2 Å². The number of anilines is 1. The molecule has 2 aromatic rings. The maximum Gasteiger partial charge on any atom is 0.312 e. The number of aryl methyl sites for hydroxylation is 2. The third kappa shape index (κ3) is 2.66. The van der Waals surface area contributed by atoms with Crippen LogP contribution in [0, 0.1) is 24.0 Å². The third-order valence-electron chi connectivity index (χ3n) is 4.58. The van der Waals surface area contributed by atoms with Gasteiger partial charge in [-0.05, 0) is 25.5 Å². The molecule has 0 unspecified atom stereocenters. The minimum atomic E-state index is -0.422. The first-order valence-electron chi connectivity index (χ1n) is 7.97. The molecule has 1 aromatic heterocycles. The van der Waals surface area contributed by atoms with Crippen LogP contribution in [0.3, 0.4) is 0 Å². The van der Waals surface area contributed by atoms with Crippen molar-refractivity contribution in [2.24, 2.45) is 0 Å². The number of carbonyl (C=O) groups is 1. The van der Waals surface area contributed by atoms with Gasteiger partial charge >= 0.3 is 5.69 Å². The molecule has 0 fully saturated rings. The van der Waals surface area contributed by atoms with Gasteiger partial charge in [-0.25, -0.2) is 0 Å². The van der Waals surface area contributed by atoms with Crippen LogP contribution in [0.25, 0.3) is 0 Å². The quantitative estimate of drug-likeness (QED) is 0.638. The van der Waals surface area contributed by atoms with Crippen LogP contribution in [0.2, 0.25) is 0 Å². The Kier molecular flexibility index (Phi) is 4.09. The molecule has 2 heterocycles. The Bertz CT molecular complexity index is 812. The summed E-state index contributed by atoms with van der Waals surface area (Å²) in [7, 11) is 0. The lowest BCUT2D eigenvalue weighted by Crippen LogP contribution is -2.30. The van der Waals surface area contributed by atoms with Crippen molar-refractivity contribution in [2.75, 3.05) is 11.4 Å². The fraction of sp³-hybridized carbons (Fsp3) is 0.412. The van der Waals surface area contributed by atoms with Crippen LogP contribution in [0.15, 0.2) is 24.3 Å². The second-order valence-electron chi connectivity index (χ2n) is 6.21. The van der Waals surface area contributed by atoms with Gasteiger partial charge in [0.1, 0.15) is 11.4 Å². The largest absolute Gasteiger partial charge is 0.312 e. The van der Waals surface area contributed by atoms with Crippen LogP contribution in [-0.4, -0.2) is 27.2 Å². The number of hydrogen-bond donors (Lipinski definition) is 0. The fourth-order valence-electron chi connectivity index (χ4n) is 3.36. The Morgan fingerprint density at radius 1 is 1.38 bits per heavy atom. The summed E-state index contributed by atoms with van der Waals surface area (Å²) in [6.07, 6.45) is 0.264. The van der Waals surface area contributed by atoms with Gasteiger partial charge in [0.05, 0.1) is 11.5 Å². The molecule has 0 radical (unpaired) electrons. The summed E-state index contributed by atoms with van der Waals surface area (Å²) >= 11 is 0. The van der Waals surface area contributed by atoms with E-state index >= 15 is 0 Å². The zero-order valence-corrected chi connectivity index (χ0v) is 14.0. The molecule has 1 aromatic carbocycles. The molecular weight excluding hydrogens is 308 g/mol. The van der Waals surface area contributed by atoms with Crippen molar-refractivity contribution in [3.63, 3.8) is 0 Å². The number of nitrogens with zero attached hydrogens (tertiary/aromatic N) is 4. The lowest BCUT2D eigenvalue weighted by Gasteiger charge is -2.17. The van der Waals surface area contributed by atoms with Crippen molar-refractivity contribution in [1.82, 2.24) is 9.78 Å².